The molecule has 0 bridgehead atoms. The molecule has 0 unspecified atom stereocenters. The monoisotopic (exact) mass is 874 g/mol. The summed E-state index contributed by atoms with van der Waals surface area (Å²) in [5.74, 6) is 5.13. The van der Waals surface area contributed by atoms with Crippen LogP contribution in [0, 0.1) is 13.8 Å². The Hall–Kier alpha value is -6.52. The molecule has 4 amide bonds. The van der Waals surface area contributed by atoms with Crippen LogP contribution in [-0.2, 0) is 4.74 Å². The lowest BCUT2D eigenvalue weighted by molar-refractivity contribution is 0.0564. The molecule has 1 saturated carbocycles. The van der Waals surface area contributed by atoms with Gasteiger partial charge in [0.15, 0.2) is 24.0 Å². The summed E-state index contributed by atoms with van der Waals surface area (Å²) in [7, 11) is 0. The fourth-order valence-electron chi connectivity index (χ4n) is 6.66. The molecule has 2 radical (unpaired) electrons. The third-order valence-corrected chi connectivity index (χ3v) is 11.8. The van der Waals surface area contributed by atoms with Gasteiger partial charge < -0.3 is 25.6 Å². The van der Waals surface area contributed by atoms with Crippen molar-refractivity contribution in [3.63, 3.8) is 0 Å². The molecule has 318 valence electrons. The van der Waals surface area contributed by atoms with E-state index in [1.807, 2.05) is 109 Å². The number of aromatic amines is 2. The van der Waals surface area contributed by atoms with E-state index in [0.717, 1.165) is 80.3 Å². The topological polar surface area (TPSA) is 207 Å². The predicted octanol–water partition coefficient (Wildman–Crippen LogP) is 6.10. The van der Waals surface area contributed by atoms with Crippen LogP contribution in [0.1, 0.15) is 24.2 Å². The number of fused-ring (bicyclic) bond motifs is 2. The van der Waals surface area contributed by atoms with Gasteiger partial charge in [-0.3, -0.25) is 29.4 Å². The van der Waals surface area contributed by atoms with Gasteiger partial charge >= 0.3 is 12.1 Å². The van der Waals surface area contributed by atoms with E-state index in [-0.39, 0.29) is 12.1 Å². The average Bonchev–Trinajstić information content (AvgIpc) is 3.66. The molecule has 62 heavy (non-hydrogen) atoms. The number of nitrogens with zero attached hydrogens (tertiary/aromatic N) is 9. The van der Waals surface area contributed by atoms with Gasteiger partial charge in [-0.15, -0.1) is 0 Å². The molecule has 1 saturated heterocycles. The lowest BCUT2D eigenvalue weighted by Crippen LogP contribution is -2.43. The lowest BCUT2D eigenvalue weighted by atomic mass is 10.3. The first-order chi connectivity index (χ1) is 30.3. The molecule has 0 spiro atoms. The van der Waals surface area contributed by atoms with Crippen LogP contribution < -0.4 is 36.4 Å². The Bertz CT molecular complexity index is 2450. The van der Waals surface area contributed by atoms with Crippen LogP contribution in [0.15, 0.2) is 129 Å². The summed E-state index contributed by atoms with van der Waals surface area (Å²) in [4.78, 5) is 41.1. The zero-order chi connectivity index (χ0) is 42.4. The highest BCUT2D eigenvalue weighted by molar-refractivity contribution is 7.97. The van der Waals surface area contributed by atoms with E-state index >= 15 is 0 Å². The zero-order valence-electron chi connectivity index (χ0n) is 34.0. The molecule has 2 aromatic heterocycles. The second kappa shape index (κ2) is 18.6. The van der Waals surface area contributed by atoms with Crippen LogP contribution >= 0.6 is 23.9 Å². The standard InChI is InChI=1S/C21H24N8O2S.C20H22N8OS/c1-15-12-18(26-25-15)24-20-14-28(13-19-22-6-7-29(19)20)32-17-4-2-16(3-5-17)23-21(30)27-8-10-31-11-9-27;1-13-10-17(26-25-13)24-19-12-27(11-18-21-8-9-28(18)19)30-16-6-4-15(5-7-16)23-20(29)22-14-2-3-14/h2-7,12,14H,8-11,13H2,1H3,(H,23,30)(H2,24,25,26);4-10,12,14H,2-3,11H2,1H3,(H2,22,23,29)(H2,24,25,26)/q2*+1. The van der Waals surface area contributed by atoms with Crippen molar-refractivity contribution in [2.45, 2.75) is 42.5 Å². The van der Waals surface area contributed by atoms with Crippen molar-refractivity contribution in [2.75, 3.05) is 60.7 Å². The summed E-state index contributed by atoms with van der Waals surface area (Å²) in [6.07, 6.45) is 13.7. The number of benzene rings is 2. The van der Waals surface area contributed by atoms with E-state index in [1.165, 1.54) is 0 Å². The van der Waals surface area contributed by atoms with E-state index in [4.69, 9.17) is 4.74 Å². The van der Waals surface area contributed by atoms with Crippen LogP contribution in [-0.4, -0.2) is 103 Å². The van der Waals surface area contributed by atoms with Gasteiger partial charge in [-0.05, 0) is 109 Å². The largest absolute Gasteiger partial charge is 0.378 e. The first kappa shape index (κ1) is 40.9. The molecule has 21 heteroatoms. The maximum atomic E-state index is 12.4. The number of aliphatic imine (C=N–C) groups is 2. The number of anilines is 4. The molecule has 2 aromatic carbocycles. The molecule has 1 aliphatic carbocycles. The van der Waals surface area contributed by atoms with Gasteiger partial charge in [0.2, 0.25) is 0 Å². The number of amides is 4. The average molecular weight is 875 g/mol. The van der Waals surface area contributed by atoms with Crippen molar-refractivity contribution in [3.8, 4) is 0 Å². The highest BCUT2D eigenvalue weighted by Gasteiger charge is 2.39. The molecular formula is C41H46N16O3S2+2. The van der Waals surface area contributed by atoms with Crippen molar-refractivity contribution in [1.82, 2.24) is 49.0 Å². The van der Waals surface area contributed by atoms with Crippen molar-refractivity contribution in [3.05, 3.63) is 121 Å². The highest BCUT2D eigenvalue weighted by atomic mass is 32.2. The Morgan fingerprint density at radius 1 is 0.726 bits per heavy atom. The first-order valence-corrected chi connectivity index (χ1v) is 21.7. The van der Waals surface area contributed by atoms with Crippen LogP contribution in [0.3, 0.4) is 0 Å². The normalized spacial score (nSPS) is 18.1. The number of rotatable bonds is 11. The Morgan fingerprint density at radius 2 is 1.23 bits per heavy atom. The minimum absolute atomic E-state index is 0.0937. The Balaban J connectivity index is 0.000000158. The van der Waals surface area contributed by atoms with Crippen molar-refractivity contribution in [2.24, 2.45) is 9.98 Å². The molecule has 4 aromatic rings. The number of H-pyrrole nitrogens is 2. The van der Waals surface area contributed by atoms with Gasteiger partial charge in [-0.2, -0.15) is 20.2 Å². The van der Waals surface area contributed by atoms with Gasteiger partial charge in [-0.25, -0.2) is 9.59 Å². The van der Waals surface area contributed by atoms with Crippen molar-refractivity contribution in [1.29, 1.82) is 0 Å². The maximum Gasteiger partial charge on any atom is 0.321 e. The second-order valence-corrected chi connectivity index (χ2v) is 17.1. The van der Waals surface area contributed by atoms with E-state index in [1.54, 1.807) is 41.2 Å². The maximum absolute atomic E-state index is 12.4. The SMILES string of the molecule is Cc1cc(NC2=CN(Sc3ccc(NC(=O)N4CCOCC4)cc3)CC3=NC=C[N+]23)n[nH]1.Cc1cc(NC2=CN(Sc3ccc(NC(=O)NC4CC4)cc3)CC3=NC=C[N+]23)n[nH]1. The van der Waals surface area contributed by atoms with Gasteiger partial charge in [0.1, 0.15) is 13.1 Å². The molecule has 10 rings (SSSR count). The van der Waals surface area contributed by atoms with Crippen LogP contribution in [0.4, 0.5) is 32.6 Å². The Labute approximate surface area is 366 Å². The van der Waals surface area contributed by atoms with E-state index in [2.05, 4.69) is 65.6 Å². The molecular weight excluding hydrogens is 829 g/mol. The van der Waals surface area contributed by atoms with Crippen LogP contribution in [0.25, 0.3) is 0 Å². The molecule has 7 heterocycles. The number of hydrogen-bond acceptors (Lipinski definition) is 15. The number of morpholine rings is 1. The van der Waals surface area contributed by atoms with E-state index < -0.39 is 0 Å². The number of hydrogen-bond donors (Lipinski definition) is 7. The molecule has 0 atom stereocenters. The summed E-state index contributed by atoms with van der Waals surface area (Å²) in [5, 5.41) is 29.8. The predicted molar refractivity (Wildman–Crippen MR) is 242 cm³/mol. The minimum atomic E-state index is -0.145. The van der Waals surface area contributed by atoms with E-state index in [9.17, 15) is 9.59 Å². The Kier molecular flexibility index (Phi) is 12.3. The third-order valence-electron chi connectivity index (χ3n) is 9.88. The molecule has 5 aliphatic heterocycles. The van der Waals surface area contributed by atoms with E-state index in [0.29, 0.717) is 45.4 Å². The quantitative estimate of drug-likeness (QED) is 0.0677. The fraction of sp³-hybridized carbons (Fsp3) is 0.268. The third kappa shape index (κ3) is 10.5. The number of carbonyl (C=O) groups is 2. The smallest absolute Gasteiger partial charge is 0.321 e. The second-order valence-electron chi connectivity index (χ2n) is 14.9. The van der Waals surface area contributed by atoms with Crippen LogP contribution in [0.2, 0.25) is 0 Å². The minimum Gasteiger partial charge on any atom is -0.378 e. The summed E-state index contributed by atoms with van der Waals surface area (Å²) >= 11 is 3.21. The summed E-state index contributed by atoms with van der Waals surface area (Å²) in [6, 6.07) is 19.7. The molecule has 19 nitrogen and oxygen atoms in total. The number of aromatic nitrogens is 4. The first-order valence-electron chi connectivity index (χ1n) is 20.1. The van der Waals surface area contributed by atoms with Gasteiger partial charge in [-0.1, -0.05) is 0 Å². The number of aryl methyl sites for hydroxylation is 2. The van der Waals surface area contributed by atoms with Crippen molar-refractivity contribution < 1.29 is 14.3 Å². The van der Waals surface area contributed by atoms with Crippen molar-refractivity contribution >= 4 is 70.6 Å². The van der Waals surface area contributed by atoms with Crippen LogP contribution in [0.5, 0.6) is 0 Å². The highest BCUT2D eigenvalue weighted by Crippen LogP contribution is 2.31. The molecule has 7 N–H and O–H groups in total. The molecule has 2 fully saturated rings. The number of ether oxygens (including phenoxy) is 1. The number of nitrogens with one attached hydrogen (secondary N) is 7. The summed E-state index contributed by atoms with van der Waals surface area (Å²) < 4.78 is 9.53. The number of amidine groups is 2. The fourth-order valence-corrected chi connectivity index (χ4v) is 8.38. The van der Waals surface area contributed by atoms with Gasteiger partial charge in [0.25, 0.3) is 23.3 Å². The summed E-state index contributed by atoms with van der Waals surface area (Å²) in [5.41, 5.74) is 3.53. The molecule has 6 aliphatic rings. The zero-order valence-corrected chi connectivity index (χ0v) is 35.7. The summed E-state index contributed by atoms with van der Waals surface area (Å²) in [6.45, 7) is 7.67. The Morgan fingerprint density at radius 3 is 1.69 bits per heavy atom. The lowest BCUT2D eigenvalue weighted by Gasteiger charge is -2.27. The number of urea groups is 2. The van der Waals surface area contributed by atoms with Gasteiger partial charge in [0.05, 0.1) is 38.0 Å². The van der Waals surface area contributed by atoms with Gasteiger partial charge in [0, 0.05) is 63.8 Å². The number of carbonyl (C=O) groups excluding carboxylic acids is 2.